The third-order valence-electron chi connectivity index (χ3n) is 2.77. The molecule has 6 nitrogen and oxygen atoms in total. The first kappa shape index (κ1) is 15.8. The van der Waals surface area contributed by atoms with Gasteiger partial charge < -0.3 is 9.47 Å². The number of benzene rings is 1. The number of ether oxygens (including phenoxy) is 2. The summed E-state index contributed by atoms with van der Waals surface area (Å²) in [5.74, 6) is 1.11. The van der Waals surface area contributed by atoms with E-state index in [-0.39, 0.29) is 19.4 Å². The minimum Gasteiger partial charge on any atom is -0.497 e. The van der Waals surface area contributed by atoms with Crippen molar-refractivity contribution in [2.75, 3.05) is 13.7 Å². The first-order valence-electron chi connectivity index (χ1n) is 6.18. The van der Waals surface area contributed by atoms with Gasteiger partial charge in [-0.3, -0.25) is 4.79 Å². The molecule has 9 heteroatoms. The molecule has 1 aromatic heterocycles. The van der Waals surface area contributed by atoms with E-state index in [1.54, 1.807) is 24.3 Å². The summed E-state index contributed by atoms with van der Waals surface area (Å²) in [6.07, 6.45) is -4.68. The van der Waals surface area contributed by atoms with E-state index in [9.17, 15) is 18.0 Å². The Kier molecular flexibility index (Phi) is 4.64. The molecule has 0 bridgehead atoms. The van der Waals surface area contributed by atoms with Crippen LogP contribution in [-0.2, 0) is 12.7 Å². The van der Waals surface area contributed by atoms with E-state index in [4.69, 9.17) is 9.47 Å². The van der Waals surface area contributed by atoms with E-state index in [0.29, 0.717) is 16.2 Å². The normalized spacial score (nSPS) is 11.3. The molecule has 2 aromatic rings. The van der Waals surface area contributed by atoms with Crippen molar-refractivity contribution in [1.82, 2.24) is 15.0 Å². The second-order valence-corrected chi connectivity index (χ2v) is 4.19. The summed E-state index contributed by atoms with van der Waals surface area (Å²) in [5, 5.41) is 6.53. The molecule has 0 atom stereocenters. The molecule has 0 aliphatic heterocycles. The predicted octanol–water partition coefficient (Wildman–Crippen LogP) is 2.20. The van der Waals surface area contributed by atoms with Crippen LogP contribution < -0.4 is 9.47 Å². The molecule has 0 saturated carbocycles. The van der Waals surface area contributed by atoms with Gasteiger partial charge in [-0.05, 0) is 24.3 Å². The molecule has 0 saturated heterocycles. The number of aldehydes is 1. The van der Waals surface area contributed by atoms with Crippen molar-refractivity contribution in [3.63, 3.8) is 0 Å². The van der Waals surface area contributed by atoms with Crippen LogP contribution in [0.3, 0.4) is 0 Å². The zero-order valence-corrected chi connectivity index (χ0v) is 11.5. The Morgan fingerprint density at radius 2 is 1.86 bits per heavy atom. The van der Waals surface area contributed by atoms with Crippen molar-refractivity contribution in [2.24, 2.45) is 0 Å². The van der Waals surface area contributed by atoms with E-state index in [0.717, 1.165) is 0 Å². The number of alkyl halides is 3. The molecule has 1 aromatic carbocycles. The Morgan fingerprint density at radius 3 is 2.41 bits per heavy atom. The van der Waals surface area contributed by atoms with Gasteiger partial charge in [0, 0.05) is 0 Å². The van der Waals surface area contributed by atoms with Crippen LogP contribution in [-0.4, -0.2) is 35.0 Å². The Hall–Kier alpha value is -2.58. The molecule has 1 heterocycles. The summed E-state index contributed by atoms with van der Waals surface area (Å²) in [7, 11) is 1.52. The van der Waals surface area contributed by atoms with Gasteiger partial charge in [-0.15, -0.1) is 5.10 Å². The topological polar surface area (TPSA) is 66.2 Å². The van der Waals surface area contributed by atoms with Crippen LogP contribution in [0.2, 0.25) is 0 Å². The lowest BCUT2D eigenvalue weighted by Gasteiger charge is -2.11. The number of carbonyl (C=O) groups excluding carboxylic acids is 1. The average Bonchev–Trinajstić information content (AvgIpc) is 2.91. The highest BCUT2D eigenvalue weighted by Gasteiger charge is 2.39. The van der Waals surface area contributed by atoms with Gasteiger partial charge in [-0.2, -0.15) is 13.2 Å². The number of carbonyl (C=O) groups is 1. The fourth-order valence-electron chi connectivity index (χ4n) is 1.78. The van der Waals surface area contributed by atoms with E-state index < -0.39 is 17.6 Å². The third-order valence-corrected chi connectivity index (χ3v) is 2.77. The Morgan fingerprint density at radius 1 is 1.23 bits per heavy atom. The highest BCUT2D eigenvalue weighted by atomic mass is 19.4. The number of hydrogen-bond donors (Lipinski definition) is 0. The van der Waals surface area contributed by atoms with Gasteiger partial charge in [0.1, 0.15) is 18.1 Å². The summed E-state index contributed by atoms with van der Waals surface area (Å²) in [6, 6.07) is 6.58. The zero-order valence-electron chi connectivity index (χ0n) is 11.5. The largest absolute Gasteiger partial charge is 0.497 e. The number of hydrogen-bond acceptors (Lipinski definition) is 5. The first-order chi connectivity index (χ1) is 10.5. The lowest BCUT2D eigenvalue weighted by Crippen LogP contribution is -2.19. The minimum absolute atomic E-state index is 0.0245. The summed E-state index contributed by atoms with van der Waals surface area (Å²) in [5.41, 5.74) is -1.92. The van der Waals surface area contributed by atoms with E-state index in [1.165, 1.54) is 7.11 Å². The van der Waals surface area contributed by atoms with Gasteiger partial charge in [-0.1, -0.05) is 5.21 Å². The predicted molar refractivity (Wildman–Crippen MR) is 68.9 cm³/mol. The summed E-state index contributed by atoms with van der Waals surface area (Å²) in [4.78, 5) is 10.6. The highest BCUT2D eigenvalue weighted by molar-refractivity contribution is 5.73. The SMILES string of the molecule is COc1ccc(OCCn2nnc(C=O)c2C(F)(F)F)cc1. The maximum Gasteiger partial charge on any atom is 0.435 e. The van der Waals surface area contributed by atoms with Crippen LogP contribution in [0.5, 0.6) is 11.5 Å². The van der Waals surface area contributed by atoms with Crippen molar-refractivity contribution < 1.29 is 27.4 Å². The fourth-order valence-corrected chi connectivity index (χ4v) is 1.78. The quantitative estimate of drug-likeness (QED) is 0.765. The summed E-state index contributed by atoms with van der Waals surface area (Å²) < 4.78 is 49.4. The number of aromatic nitrogens is 3. The van der Waals surface area contributed by atoms with Crippen LogP contribution in [0.25, 0.3) is 0 Å². The van der Waals surface area contributed by atoms with Crippen molar-refractivity contribution in [3.8, 4) is 11.5 Å². The molecule has 0 spiro atoms. The average molecular weight is 315 g/mol. The molecule has 0 aliphatic rings. The molecular formula is C13H12F3N3O3. The molecule has 22 heavy (non-hydrogen) atoms. The summed E-state index contributed by atoms with van der Waals surface area (Å²) >= 11 is 0. The molecule has 0 amide bonds. The van der Waals surface area contributed by atoms with Crippen LogP contribution in [0.1, 0.15) is 16.2 Å². The van der Waals surface area contributed by atoms with Gasteiger partial charge >= 0.3 is 6.18 Å². The van der Waals surface area contributed by atoms with E-state index >= 15 is 0 Å². The fraction of sp³-hybridized carbons (Fsp3) is 0.308. The van der Waals surface area contributed by atoms with Gasteiger partial charge in [0.15, 0.2) is 17.7 Å². The van der Waals surface area contributed by atoms with Crippen molar-refractivity contribution in [1.29, 1.82) is 0 Å². The lowest BCUT2D eigenvalue weighted by molar-refractivity contribution is -0.144. The van der Waals surface area contributed by atoms with Crippen molar-refractivity contribution in [2.45, 2.75) is 12.7 Å². The number of halogens is 3. The van der Waals surface area contributed by atoms with Crippen LogP contribution in [0.4, 0.5) is 13.2 Å². The Bertz CT molecular complexity index is 638. The summed E-state index contributed by atoms with van der Waals surface area (Å²) in [6.45, 7) is -0.251. The second kappa shape index (κ2) is 6.46. The smallest absolute Gasteiger partial charge is 0.435 e. The van der Waals surface area contributed by atoms with Gasteiger partial charge in [0.2, 0.25) is 0 Å². The van der Waals surface area contributed by atoms with Crippen molar-refractivity contribution in [3.05, 3.63) is 35.7 Å². The monoisotopic (exact) mass is 315 g/mol. The molecule has 118 valence electrons. The Balaban J connectivity index is 2.02. The van der Waals surface area contributed by atoms with Crippen LogP contribution in [0.15, 0.2) is 24.3 Å². The van der Waals surface area contributed by atoms with Crippen molar-refractivity contribution >= 4 is 6.29 Å². The molecule has 2 rings (SSSR count). The second-order valence-electron chi connectivity index (χ2n) is 4.19. The maximum atomic E-state index is 12.8. The van der Waals surface area contributed by atoms with Gasteiger partial charge in [0.25, 0.3) is 0 Å². The van der Waals surface area contributed by atoms with E-state index in [2.05, 4.69) is 10.3 Å². The standard InChI is InChI=1S/C13H12F3N3O3/c1-21-9-2-4-10(5-3-9)22-7-6-19-12(13(14,15)16)11(8-20)17-18-19/h2-5,8H,6-7H2,1H3. The van der Waals surface area contributed by atoms with Crippen LogP contribution in [0, 0.1) is 0 Å². The molecule has 0 aliphatic carbocycles. The van der Waals surface area contributed by atoms with E-state index in [1.807, 2.05) is 0 Å². The highest BCUT2D eigenvalue weighted by Crippen LogP contribution is 2.30. The lowest BCUT2D eigenvalue weighted by atomic mass is 10.3. The van der Waals surface area contributed by atoms with Gasteiger partial charge in [0.05, 0.1) is 13.7 Å². The zero-order chi connectivity index (χ0) is 16.2. The third kappa shape index (κ3) is 3.54. The molecule has 0 unspecified atom stereocenters. The van der Waals surface area contributed by atoms with Crippen LogP contribution >= 0.6 is 0 Å². The number of nitrogens with zero attached hydrogens (tertiary/aromatic N) is 3. The minimum atomic E-state index is -4.71. The Labute approximate surface area is 123 Å². The first-order valence-corrected chi connectivity index (χ1v) is 6.18. The molecule has 0 N–H and O–H groups in total. The number of rotatable bonds is 6. The molecule has 0 radical (unpaired) electrons. The maximum absolute atomic E-state index is 12.8. The molecular weight excluding hydrogens is 303 g/mol. The molecule has 0 fully saturated rings. The van der Waals surface area contributed by atoms with Gasteiger partial charge in [-0.25, -0.2) is 4.68 Å². The number of methoxy groups -OCH3 is 1.